The highest BCUT2D eigenvalue weighted by atomic mass is 32.1. The first-order valence-electron chi connectivity index (χ1n) is 6.98. The zero-order valence-corrected chi connectivity index (χ0v) is 13.7. The fraction of sp³-hybridized carbons (Fsp3) is 0.412. The van der Waals surface area contributed by atoms with Crippen molar-refractivity contribution in [2.45, 2.75) is 39.8 Å². The molecule has 0 amide bonds. The lowest BCUT2D eigenvalue weighted by Gasteiger charge is -2.21. The Labute approximate surface area is 125 Å². The second-order valence-electron chi connectivity index (χ2n) is 5.26. The molecule has 0 bridgehead atoms. The molecule has 2 atom stereocenters. The Hall–Kier alpha value is -1.32. The molecule has 1 heterocycles. The number of methoxy groups -OCH3 is 1. The maximum absolute atomic E-state index is 5.29. The zero-order valence-electron chi connectivity index (χ0n) is 12.9. The minimum atomic E-state index is 0.291. The summed E-state index contributed by atoms with van der Waals surface area (Å²) < 4.78 is 5.29. The summed E-state index contributed by atoms with van der Waals surface area (Å²) in [6.45, 7) is 8.78. The van der Waals surface area contributed by atoms with Gasteiger partial charge in [-0.05, 0) is 57.0 Å². The average molecular weight is 289 g/mol. The van der Waals surface area contributed by atoms with Gasteiger partial charge >= 0.3 is 0 Å². The Morgan fingerprint density at radius 3 is 2.45 bits per heavy atom. The third-order valence-corrected chi connectivity index (χ3v) is 4.62. The molecule has 20 heavy (non-hydrogen) atoms. The number of ether oxygens (including phenoxy) is 1. The third-order valence-electron chi connectivity index (χ3n) is 3.64. The van der Waals surface area contributed by atoms with Gasteiger partial charge in [0, 0.05) is 21.8 Å². The van der Waals surface area contributed by atoms with E-state index >= 15 is 0 Å². The van der Waals surface area contributed by atoms with Crippen molar-refractivity contribution in [1.29, 1.82) is 0 Å². The fourth-order valence-electron chi connectivity index (χ4n) is 2.55. The van der Waals surface area contributed by atoms with E-state index in [4.69, 9.17) is 4.74 Å². The first-order valence-corrected chi connectivity index (χ1v) is 7.80. The lowest BCUT2D eigenvalue weighted by atomic mass is 10.0. The highest BCUT2D eigenvalue weighted by molar-refractivity contribution is 7.12. The van der Waals surface area contributed by atoms with E-state index in [0.29, 0.717) is 12.1 Å². The Morgan fingerprint density at radius 1 is 1.10 bits per heavy atom. The smallest absolute Gasteiger partial charge is 0.119 e. The van der Waals surface area contributed by atoms with Crippen LogP contribution >= 0.6 is 11.3 Å². The molecule has 1 aromatic heterocycles. The lowest BCUT2D eigenvalue weighted by molar-refractivity contribution is 0.412. The number of aryl methyl sites for hydroxylation is 2. The van der Waals surface area contributed by atoms with E-state index in [1.54, 1.807) is 7.11 Å². The van der Waals surface area contributed by atoms with Crippen molar-refractivity contribution in [1.82, 2.24) is 5.32 Å². The minimum Gasteiger partial charge on any atom is -0.497 e. The van der Waals surface area contributed by atoms with Crippen LogP contribution in [0.3, 0.4) is 0 Å². The number of hydrogen-bond acceptors (Lipinski definition) is 3. The highest BCUT2D eigenvalue weighted by Gasteiger charge is 2.15. The van der Waals surface area contributed by atoms with Gasteiger partial charge in [-0.2, -0.15) is 0 Å². The Bertz CT molecular complexity index is 576. The maximum Gasteiger partial charge on any atom is 0.119 e. The van der Waals surface area contributed by atoms with Crippen LogP contribution in [0.4, 0.5) is 0 Å². The number of thiophene rings is 1. The molecule has 0 aliphatic carbocycles. The van der Waals surface area contributed by atoms with Gasteiger partial charge in [-0.25, -0.2) is 0 Å². The number of rotatable bonds is 5. The topological polar surface area (TPSA) is 21.3 Å². The molecule has 0 aliphatic rings. The molecule has 0 aliphatic heterocycles. The van der Waals surface area contributed by atoms with Crippen molar-refractivity contribution in [3.63, 3.8) is 0 Å². The summed E-state index contributed by atoms with van der Waals surface area (Å²) in [4.78, 5) is 2.78. The second-order valence-corrected chi connectivity index (χ2v) is 6.72. The maximum atomic E-state index is 5.29. The molecule has 0 radical (unpaired) electrons. The summed E-state index contributed by atoms with van der Waals surface area (Å²) in [5.41, 5.74) is 2.66. The second kappa shape index (κ2) is 6.42. The highest BCUT2D eigenvalue weighted by Crippen LogP contribution is 2.28. The van der Waals surface area contributed by atoms with Gasteiger partial charge in [-0.3, -0.25) is 0 Å². The zero-order chi connectivity index (χ0) is 14.7. The van der Waals surface area contributed by atoms with Crippen LogP contribution in [0.1, 0.15) is 46.8 Å². The van der Waals surface area contributed by atoms with Crippen LogP contribution in [0.2, 0.25) is 0 Å². The summed E-state index contributed by atoms with van der Waals surface area (Å²) in [5, 5.41) is 3.67. The van der Waals surface area contributed by atoms with Gasteiger partial charge in [0.2, 0.25) is 0 Å². The quantitative estimate of drug-likeness (QED) is 0.855. The van der Waals surface area contributed by atoms with Gasteiger partial charge in [0.15, 0.2) is 0 Å². The van der Waals surface area contributed by atoms with Gasteiger partial charge in [0.25, 0.3) is 0 Å². The SMILES string of the molecule is COc1cccc([C@@H](C)NC(C)c2cc(C)sc2C)c1. The predicted molar refractivity (Wildman–Crippen MR) is 86.8 cm³/mol. The first-order chi connectivity index (χ1) is 9.51. The normalized spacial score (nSPS) is 14.1. The molecular formula is C17H23NOS. The van der Waals surface area contributed by atoms with E-state index in [2.05, 4.69) is 51.2 Å². The van der Waals surface area contributed by atoms with Crippen LogP contribution < -0.4 is 10.1 Å². The summed E-state index contributed by atoms with van der Waals surface area (Å²) in [6, 6.07) is 11.2. The van der Waals surface area contributed by atoms with Crippen LogP contribution in [0, 0.1) is 13.8 Å². The molecule has 0 fully saturated rings. The first kappa shape index (κ1) is 15.1. The molecule has 1 aromatic carbocycles. The standard InChI is InChI=1S/C17H23NOS/c1-11-9-17(14(4)20-11)13(3)18-12(2)15-7-6-8-16(10-15)19-5/h6-10,12-13,18H,1-5H3/t12-,13?/m1/s1. The van der Waals surface area contributed by atoms with Crippen molar-refractivity contribution >= 4 is 11.3 Å². The monoisotopic (exact) mass is 289 g/mol. The van der Waals surface area contributed by atoms with Crippen molar-refractivity contribution in [3.8, 4) is 5.75 Å². The van der Waals surface area contributed by atoms with Crippen molar-refractivity contribution in [3.05, 3.63) is 51.2 Å². The van der Waals surface area contributed by atoms with Crippen LogP contribution in [-0.4, -0.2) is 7.11 Å². The molecule has 0 saturated carbocycles. The molecule has 1 unspecified atom stereocenters. The van der Waals surface area contributed by atoms with E-state index in [-0.39, 0.29) is 0 Å². The Balaban J connectivity index is 2.10. The van der Waals surface area contributed by atoms with E-state index in [1.165, 1.54) is 20.9 Å². The van der Waals surface area contributed by atoms with Gasteiger partial charge in [-0.15, -0.1) is 11.3 Å². The van der Waals surface area contributed by atoms with E-state index in [0.717, 1.165) is 5.75 Å². The van der Waals surface area contributed by atoms with Crippen LogP contribution in [0.25, 0.3) is 0 Å². The summed E-state index contributed by atoms with van der Waals surface area (Å²) in [5.74, 6) is 0.909. The largest absolute Gasteiger partial charge is 0.497 e. The van der Waals surface area contributed by atoms with E-state index < -0.39 is 0 Å². The molecule has 0 saturated heterocycles. The Kier molecular flexibility index (Phi) is 4.84. The van der Waals surface area contributed by atoms with Gasteiger partial charge in [0.1, 0.15) is 5.75 Å². The van der Waals surface area contributed by atoms with E-state index in [9.17, 15) is 0 Å². The number of nitrogens with one attached hydrogen (secondary N) is 1. The predicted octanol–water partition coefficient (Wildman–Crippen LogP) is 4.79. The molecular weight excluding hydrogens is 266 g/mol. The number of benzene rings is 1. The van der Waals surface area contributed by atoms with Crippen molar-refractivity contribution in [2.75, 3.05) is 7.11 Å². The molecule has 2 nitrogen and oxygen atoms in total. The van der Waals surface area contributed by atoms with Crippen LogP contribution in [0.15, 0.2) is 30.3 Å². The van der Waals surface area contributed by atoms with Crippen molar-refractivity contribution in [2.24, 2.45) is 0 Å². The molecule has 0 spiro atoms. The third kappa shape index (κ3) is 3.41. The number of hydrogen-bond donors (Lipinski definition) is 1. The van der Waals surface area contributed by atoms with Gasteiger partial charge < -0.3 is 10.1 Å². The molecule has 3 heteroatoms. The fourth-order valence-corrected chi connectivity index (χ4v) is 3.57. The van der Waals surface area contributed by atoms with Gasteiger partial charge in [-0.1, -0.05) is 12.1 Å². The van der Waals surface area contributed by atoms with E-state index in [1.807, 2.05) is 23.5 Å². The van der Waals surface area contributed by atoms with Crippen LogP contribution in [-0.2, 0) is 0 Å². The van der Waals surface area contributed by atoms with Crippen molar-refractivity contribution < 1.29 is 4.74 Å². The average Bonchev–Trinajstić information content (AvgIpc) is 2.77. The lowest BCUT2D eigenvalue weighted by Crippen LogP contribution is -2.22. The molecule has 108 valence electrons. The molecule has 1 N–H and O–H groups in total. The Morgan fingerprint density at radius 2 is 1.85 bits per heavy atom. The minimum absolute atomic E-state index is 0.291. The molecule has 2 rings (SSSR count). The summed E-state index contributed by atoms with van der Waals surface area (Å²) in [7, 11) is 1.71. The summed E-state index contributed by atoms with van der Waals surface area (Å²) >= 11 is 1.87. The molecule has 2 aromatic rings. The summed E-state index contributed by atoms with van der Waals surface area (Å²) in [6.07, 6.45) is 0. The van der Waals surface area contributed by atoms with Gasteiger partial charge in [0.05, 0.1) is 7.11 Å². The van der Waals surface area contributed by atoms with Crippen LogP contribution in [0.5, 0.6) is 5.75 Å².